The van der Waals surface area contributed by atoms with E-state index in [1.807, 2.05) is 0 Å². The van der Waals surface area contributed by atoms with Gasteiger partial charge in [-0.15, -0.1) is 11.3 Å². The highest BCUT2D eigenvalue weighted by atomic mass is 35.5. The summed E-state index contributed by atoms with van der Waals surface area (Å²) in [7, 11) is 0. The van der Waals surface area contributed by atoms with E-state index in [0.717, 1.165) is 5.56 Å². The minimum absolute atomic E-state index is 0.00949. The number of hydrogen-bond acceptors (Lipinski definition) is 4. The number of anilines is 1. The van der Waals surface area contributed by atoms with Crippen molar-refractivity contribution in [3.05, 3.63) is 75.7 Å². The molecule has 0 atom stereocenters. The molecule has 0 aliphatic heterocycles. The summed E-state index contributed by atoms with van der Waals surface area (Å²) >= 11 is 7.02. The average Bonchev–Trinajstić information content (AvgIpc) is 3.09. The van der Waals surface area contributed by atoms with Gasteiger partial charge in [0, 0.05) is 22.8 Å². The van der Waals surface area contributed by atoms with Gasteiger partial charge in [0.25, 0.3) is 0 Å². The van der Waals surface area contributed by atoms with E-state index in [2.05, 4.69) is 16.4 Å². The first kappa shape index (κ1) is 17.1. The number of nitrogens with zero attached hydrogens (tertiary/aromatic N) is 2. The summed E-state index contributed by atoms with van der Waals surface area (Å²) in [6.45, 7) is 0. The molecular weight excluding hydrogens is 364 g/mol. The van der Waals surface area contributed by atoms with E-state index in [1.54, 1.807) is 17.5 Å². The van der Waals surface area contributed by atoms with Crippen LogP contribution in [0.5, 0.6) is 0 Å². The number of aromatic nitrogens is 1. The highest BCUT2D eigenvalue weighted by Crippen LogP contribution is 2.26. The van der Waals surface area contributed by atoms with Gasteiger partial charge in [0.1, 0.15) is 28.3 Å². The molecule has 0 spiro atoms. The third kappa shape index (κ3) is 4.02. The summed E-state index contributed by atoms with van der Waals surface area (Å²) in [4.78, 5) is 4.40. The molecule has 0 unspecified atom stereocenters. The van der Waals surface area contributed by atoms with Gasteiger partial charge >= 0.3 is 0 Å². The summed E-state index contributed by atoms with van der Waals surface area (Å²) in [6.07, 6.45) is 1.48. The molecule has 0 aliphatic carbocycles. The monoisotopic (exact) mass is 373 g/mol. The summed E-state index contributed by atoms with van der Waals surface area (Å²) < 4.78 is 26.2. The Morgan fingerprint density at radius 1 is 1.20 bits per heavy atom. The molecule has 7 heteroatoms. The first-order valence-corrected chi connectivity index (χ1v) is 8.36. The molecule has 25 heavy (non-hydrogen) atoms. The topological polar surface area (TPSA) is 48.7 Å². The van der Waals surface area contributed by atoms with E-state index < -0.39 is 5.82 Å². The maximum Gasteiger partial charge on any atom is 0.141 e. The summed E-state index contributed by atoms with van der Waals surface area (Å²) in [5, 5.41) is 14.5. The van der Waals surface area contributed by atoms with Crippen molar-refractivity contribution in [2.75, 3.05) is 5.32 Å². The van der Waals surface area contributed by atoms with E-state index in [0.29, 0.717) is 22.0 Å². The molecule has 1 aromatic heterocycles. The molecule has 0 amide bonds. The van der Waals surface area contributed by atoms with Crippen LogP contribution in [-0.4, -0.2) is 4.98 Å². The molecule has 124 valence electrons. The molecule has 0 saturated heterocycles. The minimum atomic E-state index is -0.513. The van der Waals surface area contributed by atoms with Crippen molar-refractivity contribution in [1.29, 1.82) is 5.26 Å². The smallest absolute Gasteiger partial charge is 0.141 e. The highest BCUT2D eigenvalue weighted by Gasteiger charge is 2.09. The van der Waals surface area contributed by atoms with Crippen LogP contribution in [0.1, 0.15) is 5.01 Å². The number of nitrogens with one attached hydrogen (secondary N) is 1. The van der Waals surface area contributed by atoms with Crippen LogP contribution in [0.25, 0.3) is 16.8 Å². The van der Waals surface area contributed by atoms with Gasteiger partial charge in [-0.3, -0.25) is 0 Å². The first-order valence-electron chi connectivity index (χ1n) is 7.10. The lowest BCUT2D eigenvalue weighted by atomic mass is 10.2. The Morgan fingerprint density at radius 2 is 1.96 bits per heavy atom. The zero-order valence-electron chi connectivity index (χ0n) is 12.6. The average molecular weight is 374 g/mol. The highest BCUT2D eigenvalue weighted by molar-refractivity contribution is 7.11. The number of halogens is 3. The number of nitriles is 1. The second kappa shape index (κ2) is 7.43. The van der Waals surface area contributed by atoms with Gasteiger partial charge in [0.05, 0.1) is 10.7 Å². The Labute approximate surface area is 151 Å². The number of hydrogen-bond donors (Lipinski definition) is 1. The largest absolute Gasteiger partial charge is 0.360 e. The molecular formula is C18H10ClF2N3S. The van der Waals surface area contributed by atoms with Crippen molar-refractivity contribution in [3.8, 4) is 17.3 Å². The third-order valence-electron chi connectivity index (χ3n) is 3.30. The Hall–Kier alpha value is -2.75. The number of rotatable bonds is 4. The maximum atomic E-state index is 13.2. The fourth-order valence-corrected chi connectivity index (χ4v) is 3.01. The lowest BCUT2D eigenvalue weighted by Gasteiger charge is -2.02. The van der Waals surface area contributed by atoms with E-state index in [9.17, 15) is 14.0 Å². The quantitative estimate of drug-likeness (QED) is 0.595. The lowest BCUT2D eigenvalue weighted by molar-refractivity contribution is 0.628. The van der Waals surface area contributed by atoms with Gasteiger partial charge in [-0.25, -0.2) is 13.8 Å². The first-order chi connectivity index (χ1) is 12.1. The predicted molar refractivity (Wildman–Crippen MR) is 96.1 cm³/mol. The van der Waals surface area contributed by atoms with Gasteiger partial charge < -0.3 is 5.32 Å². The number of thiazole rings is 1. The van der Waals surface area contributed by atoms with Crippen molar-refractivity contribution in [2.45, 2.75) is 0 Å². The SMILES string of the molecule is N#C/C(=C\Nc1ccc(F)c(Cl)c1)c1nc(-c2ccc(F)cc2)cs1. The van der Waals surface area contributed by atoms with Crippen LogP contribution in [0.4, 0.5) is 14.5 Å². The van der Waals surface area contributed by atoms with E-state index in [4.69, 9.17) is 11.6 Å². The number of benzene rings is 2. The van der Waals surface area contributed by atoms with Crippen LogP contribution in [0, 0.1) is 23.0 Å². The lowest BCUT2D eigenvalue weighted by Crippen LogP contribution is -1.92. The maximum absolute atomic E-state index is 13.2. The summed E-state index contributed by atoms with van der Waals surface area (Å²) in [6, 6.07) is 12.2. The van der Waals surface area contributed by atoms with E-state index >= 15 is 0 Å². The molecule has 0 bridgehead atoms. The zero-order chi connectivity index (χ0) is 17.8. The Morgan fingerprint density at radius 3 is 2.64 bits per heavy atom. The fourth-order valence-electron chi connectivity index (χ4n) is 2.03. The van der Waals surface area contributed by atoms with Crippen molar-refractivity contribution in [3.63, 3.8) is 0 Å². The van der Waals surface area contributed by atoms with Gasteiger partial charge in [0.2, 0.25) is 0 Å². The molecule has 0 radical (unpaired) electrons. The molecule has 0 fully saturated rings. The van der Waals surface area contributed by atoms with Gasteiger partial charge in [0.15, 0.2) is 0 Å². The molecule has 0 aliphatic rings. The molecule has 0 saturated carbocycles. The fraction of sp³-hybridized carbons (Fsp3) is 0. The van der Waals surface area contributed by atoms with E-state index in [1.165, 1.54) is 47.9 Å². The van der Waals surface area contributed by atoms with Crippen molar-refractivity contribution in [1.82, 2.24) is 4.98 Å². The standard InChI is InChI=1S/C18H10ClF2N3S/c19-15-7-14(5-6-16(15)21)23-9-12(8-22)18-24-17(10-25-18)11-1-3-13(20)4-2-11/h1-7,9-10,23H/b12-9+. The molecule has 3 rings (SSSR count). The predicted octanol–water partition coefficient (Wildman–Crippen LogP) is 5.72. The van der Waals surface area contributed by atoms with Crippen molar-refractivity contribution in [2.24, 2.45) is 0 Å². The minimum Gasteiger partial charge on any atom is -0.360 e. The zero-order valence-corrected chi connectivity index (χ0v) is 14.2. The molecule has 3 nitrogen and oxygen atoms in total. The van der Waals surface area contributed by atoms with Crippen molar-refractivity contribution >= 4 is 34.2 Å². The Kier molecular flexibility index (Phi) is 5.08. The molecule has 1 N–H and O–H groups in total. The van der Waals surface area contributed by atoms with Crippen LogP contribution in [0.15, 0.2) is 54.0 Å². The van der Waals surface area contributed by atoms with Gasteiger partial charge in [-0.05, 0) is 42.5 Å². The molecule has 1 heterocycles. The summed E-state index contributed by atoms with van der Waals surface area (Å²) in [5.74, 6) is -0.834. The molecule has 3 aromatic rings. The van der Waals surface area contributed by atoms with Crippen LogP contribution in [0.2, 0.25) is 5.02 Å². The van der Waals surface area contributed by atoms with Crippen LogP contribution in [-0.2, 0) is 0 Å². The second-order valence-corrected chi connectivity index (χ2v) is 6.25. The van der Waals surface area contributed by atoms with Crippen LogP contribution < -0.4 is 5.32 Å². The van der Waals surface area contributed by atoms with Crippen LogP contribution >= 0.6 is 22.9 Å². The molecule has 2 aromatic carbocycles. The van der Waals surface area contributed by atoms with E-state index in [-0.39, 0.29) is 10.8 Å². The Balaban J connectivity index is 1.82. The second-order valence-electron chi connectivity index (χ2n) is 4.99. The number of allylic oxidation sites excluding steroid dienone is 1. The Bertz CT molecular complexity index is 975. The van der Waals surface area contributed by atoms with Crippen molar-refractivity contribution < 1.29 is 8.78 Å². The van der Waals surface area contributed by atoms with Gasteiger partial charge in [-0.2, -0.15) is 5.26 Å². The normalized spacial score (nSPS) is 11.2. The van der Waals surface area contributed by atoms with Gasteiger partial charge in [-0.1, -0.05) is 11.6 Å². The third-order valence-corrected chi connectivity index (χ3v) is 4.46. The van der Waals surface area contributed by atoms with Crippen LogP contribution in [0.3, 0.4) is 0 Å². The summed E-state index contributed by atoms with van der Waals surface area (Å²) in [5.41, 5.74) is 2.29.